The summed E-state index contributed by atoms with van der Waals surface area (Å²) in [7, 11) is 0. The zero-order valence-corrected chi connectivity index (χ0v) is 20.8. The summed E-state index contributed by atoms with van der Waals surface area (Å²) < 4.78 is 7.28. The molecule has 1 amide bonds. The van der Waals surface area contributed by atoms with Gasteiger partial charge in [0.25, 0.3) is 5.56 Å². The number of hydrogen-bond donors (Lipinski definition) is 0. The number of likely N-dealkylation sites (tertiary alicyclic amines) is 1. The van der Waals surface area contributed by atoms with Crippen molar-refractivity contribution in [2.45, 2.75) is 62.8 Å². The van der Waals surface area contributed by atoms with Crippen molar-refractivity contribution in [1.82, 2.24) is 14.5 Å². The van der Waals surface area contributed by atoms with Crippen LogP contribution in [0.25, 0.3) is 15.9 Å². The average molecular weight is 484 g/mol. The molecule has 2 aromatic heterocycles. The Morgan fingerprint density at radius 1 is 1.15 bits per heavy atom. The van der Waals surface area contributed by atoms with Gasteiger partial charge in [-0.15, -0.1) is 11.3 Å². The van der Waals surface area contributed by atoms with Gasteiger partial charge in [0.1, 0.15) is 10.6 Å². The molecule has 6 nitrogen and oxygen atoms in total. The molecule has 1 aromatic carbocycles. The predicted octanol–water partition coefficient (Wildman–Crippen LogP) is 4.83. The largest absolute Gasteiger partial charge is 0.494 e. The zero-order valence-electron chi connectivity index (χ0n) is 19.1. The summed E-state index contributed by atoms with van der Waals surface area (Å²) >= 11 is 3.03. The summed E-state index contributed by atoms with van der Waals surface area (Å²) in [5.74, 6) is 0.888. The Morgan fingerprint density at radius 3 is 2.61 bits per heavy atom. The lowest BCUT2D eigenvalue weighted by Crippen LogP contribution is -2.34. The Bertz CT molecular complexity index is 1230. The van der Waals surface area contributed by atoms with Crippen molar-refractivity contribution >= 4 is 39.2 Å². The first-order chi connectivity index (χ1) is 16.1. The number of rotatable bonds is 6. The second-order valence-electron chi connectivity index (χ2n) is 8.65. The van der Waals surface area contributed by atoms with E-state index in [9.17, 15) is 9.59 Å². The van der Waals surface area contributed by atoms with E-state index in [1.54, 1.807) is 15.9 Å². The number of ether oxygens (including phenoxy) is 1. The summed E-state index contributed by atoms with van der Waals surface area (Å²) in [5.41, 5.74) is 1.89. The Labute approximate surface area is 202 Å². The number of fused-ring (bicyclic) bond motifs is 3. The highest BCUT2D eigenvalue weighted by atomic mass is 32.2. The van der Waals surface area contributed by atoms with Crippen LogP contribution in [0.3, 0.4) is 0 Å². The first kappa shape index (κ1) is 22.5. The highest BCUT2D eigenvalue weighted by Crippen LogP contribution is 2.36. The fourth-order valence-corrected chi connectivity index (χ4v) is 7.07. The Balaban J connectivity index is 1.60. The first-order valence-electron chi connectivity index (χ1n) is 11.8. The molecule has 33 heavy (non-hydrogen) atoms. The standard InChI is InChI=1S/C25H29N3O3S2/c1-3-31-18-12-10-17(11-13-18)28-24(30)21-19-8-4-5-9-20(19)33-22(21)26-25(28)32-16(2)23(29)27-14-6-7-15-27/h10-13,16H,3-9,14-15H2,1-2H3. The van der Waals surface area contributed by atoms with Gasteiger partial charge in [0.2, 0.25) is 5.91 Å². The normalized spacial score (nSPS) is 16.7. The lowest BCUT2D eigenvalue weighted by Gasteiger charge is -2.21. The topological polar surface area (TPSA) is 64.4 Å². The van der Waals surface area contributed by atoms with Crippen molar-refractivity contribution in [2.75, 3.05) is 19.7 Å². The van der Waals surface area contributed by atoms with Crippen LogP contribution in [0.1, 0.15) is 50.0 Å². The van der Waals surface area contributed by atoms with Crippen molar-refractivity contribution in [3.8, 4) is 11.4 Å². The summed E-state index contributed by atoms with van der Waals surface area (Å²) in [6.45, 7) is 6.09. The van der Waals surface area contributed by atoms with Crippen molar-refractivity contribution in [3.05, 3.63) is 45.1 Å². The van der Waals surface area contributed by atoms with Crippen molar-refractivity contribution < 1.29 is 9.53 Å². The molecule has 1 unspecified atom stereocenters. The third kappa shape index (κ3) is 4.30. The fourth-order valence-electron chi connectivity index (χ4n) is 4.75. The van der Waals surface area contributed by atoms with Crippen molar-refractivity contribution in [1.29, 1.82) is 0 Å². The molecular formula is C25H29N3O3S2. The van der Waals surface area contributed by atoms with Gasteiger partial charge in [-0.1, -0.05) is 11.8 Å². The monoisotopic (exact) mass is 483 g/mol. The minimum absolute atomic E-state index is 0.0353. The van der Waals surface area contributed by atoms with Crippen LogP contribution in [0.5, 0.6) is 5.75 Å². The second-order valence-corrected chi connectivity index (χ2v) is 11.0. The molecule has 0 radical (unpaired) electrons. The van der Waals surface area contributed by atoms with Crippen LogP contribution in [0, 0.1) is 0 Å². The van der Waals surface area contributed by atoms with Crippen LogP contribution in [0.15, 0.2) is 34.2 Å². The van der Waals surface area contributed by atoms with E-state index in [0.717, 1.165) is 73.3 Å². The van der Waals surface area contributed by atoms with Gasteiger partial charge in [-0.25, -0.2) is 4.98 Å². The minimum Gasteiger partial charge on any atom is -0.494 e. The van der Waals surface area contributed by atoms with Crippen LogP contribution >= 0.6 is 23.1 Å². The van der Waals surface area contributed by atoms with E-state index in [0.29, 0.717) is 11.8 Å². The predicted molar refractivity (Wildman–Crippen MR) is 134 cm³/mol. The number of aryl methyl sites for hydroxylation is 2. The maximum Gasteiger partial charge on any atom is 0.267 e. The van der Waals surface area contributed by atoms with Crippen LogP contribution in [0.2, 0.25) is 0 Å². The molecule has 0 N–H and O–H groups in total. The summed E-state index contributed by atoms with van der Waals surface area (Å²) in [6, 6.07) is 7.56. The fraction of sp³-hybridized carbons (Fsp3) is 0.480. The highest BCUT2D eigenvalue weighted by Gasteiger charge is 2.28. The van der Waals surface area contributed by atoms with Gasteiger partial charge in [-0.3, -0.25) is 14.2 Å². The number of carbonyl (C=O) groups excluding carboxylic acids is 1. The number of benzene rings is 1. The van der Waals surface area contributed by atoms with Gasteiger partial charge in [-0.2, -0.15) is 0 Å². The van der Waals surface area contributed by atoms with Gasteiger partial charge in [0, 0.05) is 18.0 Å². The average Bonchev–Trinajstić information content (AvgIpc) is 3.48. The Morgan fingerprint density at radius 2 is 1.88 bits per heavy atom. The molecule has 1 aliphatic heterocycles. The van der Waals surface area contributed by atoms with Gasteiger partial charge < -0.3 is 9.64 Å². The maximum atomic E-state index is 13.9. The lowest BCUT2D eigenvalue weighted by atomic mass is 9.97. The molecule has 1 aliphatic carbocycles. The van der Waals surface area contributed by atoms with Crippen LogP contribution in [-0.2, 0) is 17.6 Å². The van der Waals surface area contributed by atoms with Gasteiger partial charge in [-0.05, 0) is 82.2 Å². The molecule has 2 aliphatic rings. The molecule has 3 aromatic rings. The van der Waals surface area contributed by atoms with E-state index in [-0.39, 0.29) is 16.7 Å². The van der Waals surface area contributed by atoms with E-state index >= 15 is 0 Å². The molecular weight excluding hydrogens is 454 g/mol. The number of aromatic nitrogens is 2. The van der Waals surface area contributed by atoms with E-state index in [2.05, 4.69) is 0 Å². The summed E-state index contributed by atoms with van der Waals surface area (Å²) in [5, 5.41) is 1.03. The Kier molecular flexibility index (Phi) is 6.47. The van der Waals surface area contributed by atoms with E-state index in [1.807, 2.05) is 43.0 Å². The minimum atomic E-state index is -0.309. The third-order valence-electron chi connectivity index (χ3n) is 6.41. The molecule has 5 rings (SSSR count). The molecule has 8 heteroatoms. The number of thiophene rings is 1. The number of carbonyl (C=O) groups is 1. The first-order valence-corrected chi connectivity index (χ1v) is 13.5. The van der Waals surface area contributed by atoms with Gasteiger partial charge in [0.05, 0.1) is 22.9 Å². The van der Waals surface area contributed by atoms with E-state index in [1.165, 1.54) is 22.2 Å². The SMILES string of the molecule is CCOc1ccc(-n2c(SC(C)C(=O)N3CCCC3)nc3sc4c(c3c2=O)CCCC4)cc1. The molecule has 3 heterocycles. The third-order valence-corrected chi connectivity index (χ3v) is 8.64. The van der Waals surface area contributed by atoms with Gasteiger partial charge in [0.15, 0.2) is 5.16 Å². The second kappa shape index (κ2) is 9.50. The quantitative estimate of drug-likeness (QED) is 0.371. The van der Waals surface area contributed by atoms with Crippen molar-refractivity contribution in [3.63, 3.8) is 0 Å². The number of thioether (sulfide) groups is 1. The molecule has 0 bridgehead atoms. The van der Waals surface area contributed by atoms with Crippen LogP contribution in [0.4, 0.5) is 0 Å². The summed E-state index contributed by atoms with van der Waals surface area (Å²) in [4.78, 5) is 35.9. The zero-order chi connectivity index (χ0) is 22.9. The molecule has 1 saturated heterocycles. The smallest absolute Gasteiger partial charge is 0.267 e. The number of amides is 1. The molecule has 174 valence electrons. The molecule has 0 saturated carbocycles. The highest BCUT2D eigenvalue weighted by molar-refractivity contribution is 8.00. The van der Waals surface area contributed by atoms with E-state index in [4.69, 9.17) is 9.72 Å². The number of nitrogens with zero attached hydrogens (tertiary/aromatic N) is 3. The maximum absolute atomic E-state index is 13.9. The Hall–Kier alpha value is -2.32. The lowest BCUT2D eigenvalue weighted by molar-refractivity contribution is -0.129. The molecule has 1 fully saturated rings. The molecule has 0 spiro atoms. The summed E-state index contributed by atoms with van der Waals surface area (Å²) in [6.07, 6.45) is 6.35. The van der Waals surface area contributed by atoms with Crippen LogP contribution < -0.4 is 10.3 Å². The number of hydrogen-bond acceptors (Lipinski definition) is 6. The van der Waals surface area contributed by atoms with Crippen molar-refractivity contribution in [2.24, 2.45) is 0 Å². The van der Waals surface area contributed by atoms with Gasteiger partial charge >= 0.3 is 0 Å². The van der Waals surface area contributed by atoms with Crippen LogP contribution in [-0.4, -0.2) is 45.3 Å². The molecule has 1 atom stereocenters. The van der Waals surface area contributed by atoms with E-state index < -0.39 is 0 Å².